The maximum absolute atomic E-state index is 12.8. The van der Waals surface area contributed by atoms with E-state index in [0.29, 0.717) is 11.3 Å². The molecule has 2 aromatic rings. The largest absolute Gasteiger partial charge is 0.465 e. The van der Waals surface area contributed by atoms with E-state index < -0.39 is 35.8 Å². The van der Waals surface area contributed by atoms with Crippen LogP contribution >= 0.6 is 0 Å². The lowest BCUT2D eigenvalue weighted by molar-refractivity contribution is -0.145. The Bertz CT molecular complexity index is 943. The van der Waals surface area contributed by atoms with Gasteiger partial charge in [-0.3, -0.25) is 14.4 Å². The van der Waals surface area contributed by atoms with Crippen molar-refractivity contribution in [1.29, 1.82) is 0 Å². The maximum Gasteiger partial charge on any atom is 0.339 e. The van der Waals surface area contributed by atoms with Crippen LogP contribution in [-0.2, 0) is 29.5 Å². The first kappa shape index (κ1) is 20.1. The van der Waals surface area contributed by atoms with Crippen LogP contribution in [0, 0.1) is 0 Å². The Morgan fingerprint density at radius 2 is 1.72 bits per heavy atom. The summed E-state index contributed by atoms with van der Waals surface area (Å²) in [6, 6.07) is 14.8. The van der Waals surface area contributed by atoms with Crippen molar-refractivity contribution >= 4 is 29.4 Å². The van der Waals surface area contributed by atoms with E-state index in [2.05, 4.69) is 10.6 Å². The van der Waals surface area contributed by atoms with Crippen molar-refractivity contribution in [3.8, 4) is 0 Å². The van der Waals surface area contributed by atoms with Crippen molar-refractivity contribution in [1.82, 2.24) is 5.32 Å². The standard InChI is InChI=1S/C21H20N2O6/c1-2-28-18(25)13-22-17(24)12-21(29-19(26)14-8-4-3-5-9-14)15-10-6-7-11-16(15)23-20(21)27/h3-11H,2,12-13H2,1H3,(H,22,24)(H,23,27). The number of para-hydroxylation sites is 1. The number of esters is 2. The first-order chi connectivity index (χ1) is 14.0. The second kappa shape index (κ2) is 8.55. The Kier molecular flexibility index (Phi) is 5.92. The van der Waals surface area contributed by atoms with E-state index in [1.165, 1.54) is 0 Å². The van der Waals surface area contributed by atoms with Crippen LogP contribution in [0.3, 0.4) is 0 Å². The molecule has 2 N–H and O–H groups in total. The number of rotatable bonds is 7. The van der Waals surface area contributed by atoms with Crippen LogP contribution in [0.15, 0.2) is 54.6 Å². The first-order valence-electron chi connectivity index (χ1n) is 9.08. The summed E-state index contributed by atoms with van der Waals surface area (Å²) >= 11 is 0. The highest BCUT2D eigenvalue weighted by molar-refractivity contribution is 6.09. The number of fused-ring (bicyclic) bond motifs is 1. The van der Waals surface area contributed by atoms with Crippen molar-refractivity contribution in [3.63, 3.8) is 0 Å². The zero-order valence-electron chi connectivity index (χ0n) is 15.8. The highest BCUT2D eigenvalue weighted by atomic mass is 16.6. The van der Waals surface area contributed by atoms with E-state index in [1.807, 2.05) is 0 Å². The number of ether oxygens (including phenoxy) is 2. The molecule has 0 aromatic heterocycles. The summed E-state index contributed by atoms with van der Waals surface area (Å²) in [5, 5.41) is 5.05. The van der Waals surface area contributed by atoms with Crippen LogP contribution in [0.2, 0.25) is 0 Å². The topological polar surface area (TPSA) is 111 Å². The van der Waals surface area contributed by atoms with Gasteiger partial charge in [0, 0.05) is 11.3 Å². The van der Waals surface area contributed by atoms with E-state index in [0.717, 1.165) is 0 Å². The molecule has 150 valence electrons. The molecule has 0 saturated carbocycles. The zero-order valence-corrected chi connectivity index (χ0v) is 15.8. The third kappa shape index (κ3) is 4.26. The summed E-state index contributed by atoms with van der Waals surface area (Å²) < 4.78 is 10.4. The number of amides is 2. The summed E-state index contributed by atoms with van der Waals surface area (Å²) in [6.07, 6.45) is -0.478. The lowest BCUT2D eigenvalue weighted by Gasteiger charge is -2.27. The van der Waals surface area contributed by atoms with Crippen molar-refractivity contribution in [2.75, 3.05) is 18.5 Å². The Labute approximate surface area is 167 Å². The molecule has 0 aliphatic carbocycles. The van der Waals surface area contributed by atoms with Gasteiger partial charge in [0.15, 0.2) is 0 Å². The van der Waals surface area contributed by atoms with Crippen LogP contribution in [0.5, 0.6) is 0 Å². The molecule has 0 spiro atoms. The van der Waals surface area contributed by atoms with Gasteiger partial charge in [-0.15, -0.1) is 0 Å². The zero-order chi connectivity index (χ0) is 20.9. The van der Waals surface area contributed by atoms with E-state index in [1.54, 1.807) is 61.5 Å². The molecule has 0 radical (unpaired) electrons. The second-order valence-corrected chi connectivity index (χ2v) is 6.34. The number of hydrogen-bond acceptors (Lipinski definition) is 6. The number of hydrogen-bond donors (Lipinski definition) is 2. The highest BCUT2D eigenvalue weighted by Crippen LogP contribution is 2.41. The number of nitrogens with one attached hydrogen (secondary N) is 2. The van der Waals surface area contributed by atoms with E-state index in [4.69, 9.17) is 9.47 Å². The average Bonchev–Trinajstić information content (AvgIpc) is 2.98. The van der Waals surface area contributed by atoms with Gasteiger partial charge in [0.1, 0.15) is 6.54 Å². The smallest absolute Gasteiger partial charge is 0.339 e. The Hall–Kier alpha value is -3.68. The minimum atomic E-state index is -1.84. The molecule has 1 heterocycles. The maximum atomic E-state index is 12.8. The van der Waals surface area contributed by atoms with E-state index in [9.17, 15) is 19.2 Å². The molecule has 8 nitrogen and oxygen atoms in total. The van der Waals surface area contributed by atoms with Gasteiger partial charge in [-0.2, -0.15) is 0 Å². The molecule has 8 heteroatoms. The molecule has 0 fully saturated rings. The van der Waals surface area contributed by atoms with Crippen LogP contribution in [0.25, 0.3) is 0 Å². The molecule has 0 bridgehead atoms. The predicted molar refractivity (Wildman–Crippen MR) is 103 cm³/mol. The van der Waals surface area contributed by atoms with Gasteiger partial charge in [-0.25, -0.2) is 4.79 Å². The molecule has 29 heavy (non-hydrogen) atoms. The van der Waals surface area contributed by atoms with E-state index in [-0.39, 0.29) is 18.7 Å². The average molecular weight is 396 g/mol. The van der Waals surface area contributed by atoms with Gasteiger partial charge in [0.05, 0.1) is 18.6 Å². The predicted octanol–water partition coefficient (Wildman–Crippen LogP) is 1.76. The molecule has 2 amide bonds. The van der Waals surface area contributed by atoms with Crippen molar-refractivity contribution < 1.29 is 28.7 Å². The van der Waals surface area contributed by atoms with Crippen LogP contribution in [-0.4, -0.2) is 36.9 Å². The van der Waals surface area contributed by atoms with Crippen LogP contribution < -0.4 is 10.6 Å². The number of benzene rings is 2. The highest BCUT2D eigenvalue weighted by Gasteiger charge is 2.52. The number of carbonyl (C=O) groups is 4. The minimum absolute atomic E-state index is 0.184. The van der Waals surface area contributed by atoms with Gasteiger partial charge < -0.3 is 20.1 Å². The normalized spacial score (nSPS) is 17.1. The molecular weight excluding hydrogens is 376 g/mol. The van der Waals surface area contributed by atoms with Gasteiger partial charge >= 0.3 is 11.9 Å². The molecule has 1 unspecified atom stereocenters. The molecule has 1 aliphatic rings. The van der Waals surface area contributed by atoms with Crippen LogP contribution in [0.4, 0.5) is 5.69 Å². The lowest BCUT2D eigenvalue weighted by Crippen LogP contribution is -2.44. The van der Waals surface area contributed by atoms with Gasteiger partial charge in [0.2, 0.25) is 11.5 Å². The Morgan fingerprint density at radius 3 is 2.45 bits per heavy atom. The van der Waals surface area contributed by atoms with Crippen LogP contribution in [0.1, 0.15) is 29.3 Å². The fraction of sp³-hybridized carbons (Fsp3) is 0.238. The molecule has 2 aromatic carbocycles. The summed E-state index contributed by atoms with van der Waals surface area (Å²) in [6.45, 7) is 1.49. The molecule has 1 aliphatic heterocycles. The van der Waals surface area contributed by atoms with Gasteiger partial charge in [-0.05, 0) is 25.1 Å². The van der Waals surface area contributed by atoms with Crippen molar-refractivity contribution in [2.45, 2.75) is 18.9 Å². The third-order valence-corrected chi connectivity index (χ3v) is 4.40. The fourth-order valence-electron chi connectivity index (χ4n) is 3.07. The molecular formula is C21H20N2O6. The van der Waals surface area contributed by atoms with Gasteiger partial charge in [0.25, 0.3) is 5.91 Å². The number of anilines is 1. The Morgan fingerprint density at radius 1 is 1.03 bits per heavy atom. The molecule has 3 rings (SSSR count). The van der Waals surface area contributed by atoms with Crippen molar-refractivity contribution in [2.24, 2.45) is 0 Å². The summed E-state index contributed by atoms with van der Waals surface area (Å²) in [7, 11) is 0. The first-order valence-corrected chi connectivity index (χ1v) is 9.08. The Balaban J connectivity index is 1.87. The lowest BCUT2D eigenvalue weighted by atomic mass is 9.90. The summed E-state index contributed by atoms with van der Waals surface area (Å²) in [5.74, 6) is -2.61. The minimum Gasteiger partial charge on any atom is -0.465 e. The number of carbonyl (C=O) groups excluding carboxylic acids is 4. The quantitative estimate of drug-likeness (QED) is 0.690. The SMILES string of the molecule is CCOC(=O)CNC(=O)CC1(OC(=O)c2ccccc2)C(=O)Nc2ccccc21. The third-order valence-electron chi connectivity index (χ3n) is 4.40. The summed E-state index contributed by atoms with van der Waals surface area (Å²) in [4.78, 5) is 49.5. The van der Waals surface area contributed by atoms with Gasteiger partial charge in [-0.1, -0.05) is 36.4 Å². The van der Waals surface area contributed by atoms with E-state index >= 15 is 0 Å². The second-order valence-electron chi connectivity index (χ2n) is 6.34. The molecule has 0 saturated heterocycles. The monoisotopic (exact) mass is 396 g/mol. The van der Waals surface area contributed by atoms with Crippen molar-refractivity contribution in [3.05, 3.63) is 65.7 Å². The summed E-state index contributed by atoms with van der Waals surface area (Å²) in [5.41, 5.74) is -0.768. The molecule has 1 atom stereocenters. The fourth-order valence-corrected chi connectivity index (χ4v) is 3.07.